The maximum Gasteiger partial charge on any atom is 0.380 e. The molecule has 5 atom stereocenters. The van der Waals surface area contributed by atoms with Gasteiger partial charge in [0.15, 0.2) is 0 Å². The van der Waals surface area contributed by atoms with Crippen LogP contribution in [0.25, 0.3) is 0 Å². The summed E-state index contributed by atoms with van der Waals surface area (Å²) in [7, 11) is -7.54. The van der Waals surface area contributed by atoms with Crippen LogP contribution in [0.5, 0.6) is 5.75 Å². The summed E-state index contributed by atoms with van der Waals surface area (Å²) in [6.45, 7) is 4.17. The van der Waals surface area contributed by atoms with Crippen LogP contribution >= 0.6 is 0 Å². The molecule has 0 saturated heterocycles. The molecule has 0 aliphatic heterocycles. The van der Waals surface area contributed by atoms with E-state index in [-0.39, 0.29) is 11.5 Å². The average Bonchev–Trinajstić information content (AvgIpc) is 2.94. The van der Waals surface area contributed by atoms with Crippen molar-refractivity contribution in [1.29, 1.82) is 0 Å². The van der Waals surface area contributed by atoms with Gasteiger partial charge >= 0.3 is 10.3 Å². The normalized spacial score (nSPS) is 33.5. The summed E-state index contributed by atoms with van der Waals surface area (Å²) < 4.78 is 57.0. The summed E-state index contributed by atoms with van der Waals surface area (Å²) in [5.74, 6) is 1.65. The highest BCUT2D eigenvalue weighted by Crippen LogP contribution is 2.62. The molecule has 7 nitrogen and oxygen atoms in total. The summed E-state index contributed by atoms with van der Waals surface area (Å²) >= 11 is 0. The predicted molar refractivity (Wildman–Crippen MR) is 114 cm³/mol. The molecular weight excluding hydrogens is 426 g/mol. The molecule has 3 aliphatic rings. The van der Waals surface area contributed by atoms with Gasteiger partial charge in [-0.1, -0.05) is 19.9 Å². The zero-order chi connectivity index (χ0) is 21.9. The van der Waals surface area contributed by atoms with E-state index in [4.69, 9.17) is 13.5 Å². The van der Waals surface area contributed by atoms with Crippen LogP contribution < -0.4 is 9.32 Å². The number of hydrogen-bond donors (Lipinski definition) is 1. The molecule has 0 heterocycles. The van der Waals surface area contributed by atoms with Crippen molar-refractivity contribution < 1.29 is 25.2 Å². The molecule has 0 bridgehead atoms. The van der Waals surface area contributed by atoms with Crippen LogP contribution in [0.3, 0.4) is 0 Å². The first-order valence-electron chi connectivity index (χ1n) is 10.7. The van der Waals surface area contributed by atoms with Crippen LogP contribution in [0, 0.1) is 17.3 Å². The summed E-state index contributed by atoms with van der Waals surface area (Å²) in [6.07, 6.45) is 7.08. The molecule has 0 radical (unpaired) electrons. The third-order valence-corrected chi connectivity index (χ3v) is 8.69. The molecule has 168 valence electrons. The van der Waals surface area contributed by atoms with Gasteiger partial charge < -0.3 is 4.18 Å². The van der Waals surface area contributed by atoms with Crippen molar-refractivity contribution in [3.63, 3.8) is 0 Å². The maximum absolute atomic E-state index is 11.8. The minimum absolute atomic E-state index is 0.119. The third-order valence-electron chi connectivity index (χ3n) is 7.70. The van der Waals surface area contributed by atoms with Crippen molar-refractivity contribution in [1.82, 2.24) is 0 Å². The van der Waals surface area contributed by atoms with Gasteiger partial charge in [-0.3, -0.25) is 4.18 Å². The van der Waals surface area contributed by atoms with E-state index in [0.717, 1.165) is 55.9 Å². The van der Waals surface area contributed by atoms with Gasteiger partial charge in [0.2, 0.25) is 0 Å². The number of benzene rings is 1. The second kappa shape index (κ2) is 7.46. The van der Waals surface area contributed by atoms with E-state index in [1.807, 2.05) is 13.0 Å². The van der Waals surface area contributed by atoms with Gasteiger partial charge in [0.05, 0.1) is 12.4 Å². The molecule has 4 rings (SSSR count). The molecular formula is C21H31NO6S2. The van der Waals surface area contributed by atoms with E-state index in [2.05, 4.69) is 13.0 Å². The van der Waals surface area contributed by atoms with Crippen molar-refractivity contribution in [3.05, 3.63) is 28.8 Å². The van der Waals surface area contributed by atoms with Crippen LogP contribution in [-0.4, -0.2) is 29.2 Å². The fraction of sp³-hybridized carbons (Fsp3) is 0.714. The van der Waals surface area contributed by atoms with Gasteiger partial charge in [0, 0.05) is 0 Å². The topological polar surface area (TPSA) is 113 Å². The predicted octanol–water partition coefficient (Wildman–Crippen LogP) is 3.03. The molecule has 2 fully saturated rings. The molecule has 3 aliphatic carbocycles. The summed E-state index contributed by atoms with van der Waals surface area (Å²) in [4.78, 5) is 0. The monoisotopic (exact) mass is 457 g/mol. The van der Waals surface area contributed by atoms with Gasteiger partial charge in [-0.25, -0.2) is 0 Å². The Morgan fingerprint density at radius 3 is 2.50 bits per heavy atom. The molecule has 1 aromatic carbocycles. The van der Waals surface area contributed by atoms with E-state index in [1.165, 1.54) is 5.56 Å². The molecule has 1 aromatic rings. The second-order valence-electron chi connectivity index (χ2n) is 9.41. The molecule has 0 amide bonds. The summed E-state index contributed by atoms with van der Waals surface area (Å²) in [5, 5.41) is 5.10. The fourth-order valence-electron chi connectivity index (χ4n) is 6.45. The fourth-order valence-corrected chi connectivity index (χ4v) is 7.59. The average molecular weight is 458 g/mol. The van der Waals surface area contributed by atoms with Crippen molar-refractivity contribution in [2.24, 2.45) is 22.4 Å². The first-order valence-corrected chi connectivity index (χ1v) is 14.0. The highest BCUT2D eigenvalue weighted by Gasteiger charge is 2.56. The molecule has 0 aromatic heterocycles. The molecule has 1 unspecified atom stereocenters. The first-order chi connectivity index (χ1) is 13.9. The summed E-state index contributed by atoms with van der Waals surface area (Å²) in [5.41, 5.74) is 3.16. The molecule has 9 heteroatoms. The van der Waals surface area contributed by atoms with Crippen LogP contribution in [0.4, 0.5) is 0 Å². The number of hydrogen-bond acceptors (Lipinski definition) is 6. The lowest BCUT2D eigenvalue weighted by molar-refractivity contribution is -0.00768. The van der Waals surface area contributed by atoms with E-state index < -0.39 is 20.4 Å². The van der Waals surface area contributed by atoms with Crippen LogP contribution in [-0.2, 0) is 37.4 Å². The van der Waals surface area contributed by atoms with Crippen LogP contribution in [0.2, 0.25) is 0 Å². The first kappa shape index (κ1) is 22.0. The SMILES string of the molecule is CCc1cc2c(cc1OS(N)(=O)=O)CC[C@@H]1[C@@H]2CC[C@]2(C)C(OS(C)(=O)=O)CC[C@@H]12. The van der Waals surface area contributed by atoms with Crippen molar-refractivity contribution in [2.75, 3.05) is 6.26 Å². The number of aryl methyl sites for hydroxylation is 2. The lowest BCUT2D eigenvalue weighted by Crippen LogP contribution is -2.45. The van der Waals surface area contributed by atoms with Gasteiger partial charge in [0.25, 0.3) is 10.1 Å². The number of rotatable bonds is 5. The minimum atomic E-state index is -4.06. The Labute approximate surface area is 179 Å². The van der Waals surface area contributed by atoms with E-state index in [9.17, 15) is 16.8 Å². The van der Waals surface area contributed by atoms with Gasteiger partial charge in [-0.15, -0.1) is 0 Å². The largest absolute Gasteiger partial charge is 0.380 e. The smallest absolute Gasteiger partial charge is 0.371 e. The standard InChI is InChI=1S/C21H31NO6S2/c1-4-13-11-17-14(12-19(13)27-30(22,25)26)5-6-16-15(17)9-10-21(2)18(16)7-8-20(21)28-29(3,23)24/h11-12,15-16,18,20H,4-10H2,1-3H3,(H2,22,25,26)/t15-,16+,18-,20?,21-/m0/s1. The van der Waals surface area contributed by atoms with Gasteiger partial charge in [-0.05, 0) is 90.9 Å². The zero-order valence-corrected chi connectivity index (χ0v) is 19.4. The minimum Gasteiger partial charge on any atom is -0.371 e. The quantitative estimate of drug-likeness (QED) is 0.680. The Kier molecular flexibility index (Phi) is 5.48. The molecule has 2 N–H and O–H groups in total. The zero-order valence-electron chi connectivity index (χ0n) is 17.8. The van der Waals surface area contributed by atoms with Crippen molar-refractivity contribution in [3.8, 4) is 5.75 Å². The highest BCUT2D eigenvalue weighted by molar-refractivity contribution is 7.86. The molecule has 30 heavy (non-hydrogen) atoms. The van der Waals surface area contributed by atoms with E-state index in [1.54, 1.807) is 0 Å². The maximum atomic E-state index is 11.8. The molecule has 0 spiro atoms. The number of fused-ring (bicyclic) bond motifs is 5. The summed E-state index contributed by atoms with van der Waals surface area (Å²) in [6, 6.07) is 3.96. The van der Waals surface area contributed by atoms with Crippen molar-refractivity contribution in [2.45, 2.75) is 70.8 Å². The second-order valence-corrected chi connectivity index (χ2v) is 12.2. The Morgan fingerprint density at radius 2 is 1.87 bits per heavy atom. The Morgan fingerprint density at radius 1 is 1.13 bits per heavy atom. The van der Waals surface area contributed by atoms with E-state index in [0.29, 0.717) is 29.9 Å². The third kappa shape index (κ3) is 4.01. The highest BCUT2D eigenvalue weighted by atomic mass is 32.2. The Balaban J connectivity index is 1.65. The van der Waals surface area contributed by atoms with Crippen LogP contribution in [0.15, 0.2) is 12.1 Å². The van der Waals surface area contributed by atoms with Gasteiger partial charge in [0.1, 0.15) is 5.75 Å². The lowest BCUT2D eigenvalue weighted by Gasteiger charge is -2.50. The van der Waals surface area contributed by atoms with Crippen LogP contribution in [0.1, 0.15) is 68.6 Å². The Bertz CT molecular complexity index is 1050. The van der Waals surface area contributed by atoms with Gasteiger partial charge in [-0.2, -0.15) is 22.0 Å². The number of nitrogens with two attached hydrogens (primary N) is 1. The lowest BCUT2D eigenvalue weighted by atomic mass is 9.55. The van der Waals surface area contributed by atoms with Crippen molar-refractivity contribution >= 4 is 20.4 Å². The molecule has 2 saturated carbocycles. The van der Waals surface area contributed by atoms with E-state index >= 15 is 0 Å². The Hall–Kier alpha value is -1.16.